The highest BCUT2D eigenvalue weighted by Crippen LogP contribution is 2.49. The first-order valence-corrected chi connectivity index (χ1v) is 11.8. The van der Waals surface area contributed by atoms with Crippen LogP contribution in [0.4, 0.5) is 0 Å². The number of carbonyl (C=O) groups is 1. The summed E-state index contributed by atoms with van der Waals surface area (Å²) in [5.41, 5.74) is 1.24. The minimum Gasteiger partial charge on any atom is -0.379 e. The first kappa shape index (κ1) is 19.9. The third-order valence-corrected chi connectivity index (χ3v) is 8.75. The van der Waals surface area contributed by atoms with E-state index in [0.717, 1.165) is 17.4 Å². The van der Waals surface area contributed by atoms with E-state index in [9.17, 15) is 13.2 Å². The van der Waals surface area contributed by atoms with Gasteiger partial charge in [0, 0.05) is 24.7 Å². The standard InChI is InChI=1S/C21H30N2O4S/c1-14-3-6-18(28(25,26)23-7-9-27-10-8-23)13-19(14)21(24)22-15(2)20-12-16-4-5-17(20)11-16/h3,6,13,15-17,20H,4-5,7-12H2,1-2H3,(H,22,24)/t15-,16-,17-,20+/m1/s1. The molecule has 3 fully saturated rings. The maximum Gasteiger partial charge on any atom is 0.251 e. The number of benzene rings is 1. The van der Waals surface area contributed by atoms with Gasteiger partial charge < -0.3 is 10.1 Å². The van der Waals surface area contributed by atoms with E-state index < -0.39 is 10.0 Å². The molecule has 1 heterocycles. The molecular formula is C21H30N2O4S. The van der Waals surface area contributed by atoms with Crippen molar-refractivity contribution in [2.24, 2.45) is 17.8 Å². The van der Waals surface area contributed by atoms with Gasteiger partial charge in [0.05, 0.1) is 18.1 Å². The first-order valence-electron chi connectivity index (χ1n) is 10.4. The molecule has 4 rings (SSSR count). The highest BCUT2D eigenvalue weighted by Gasteiger charge is 2.42. The Labute approximate surface area is 167 Å². The Kier molecular flexibility index (Phi) is 5.51. The van der Waals surface area contributed by atoms with Crippen molar-refractivity contribution in [3.8, 4) is 0 Å². The number of rotatable bonds is 5. The van der Waals surface area contributed by atoms with Gasteiger partial charge in [-0.3, -0.25) is 4.79 Å². The van der Waals surface area contributed by atoms with Crippen LogP contribution in [0.15, 0.2) is 23.1 Å². The van der Waals surface area contributed by atoms with Crippen LogP contribution in [0.2, 0.25) is 0 Å². The number of aryl methyl sites for hydroxylation is 1. The van der Waals surface area contributed by atoms with Crippen LogP contribution in [0, 0.1) is 24.7 Å². The molecule has 0 unspecified atom stereocenters. The molecule has 1 aliphatic heterocycles. The fourth-order valence-corrected chi connectivity index (χ4v) is 6.67. The summed E-state index contributed by atoms with van der Waals surface area (Å²) in [5, 5.41) is 3.15. The Morgan fingerprint density at radius 2 is 1.96 bits per heavy atom. The number of hydrogen-bond acceptors (Lipinski definition) is 4. The number of amides is 1. The van der Waals surface area contributed by atoms with Crippen molar-refractivity contribution in [2.75, 3.05) is 26.3 Å². The summed E-state index contributed by atoms with van der Waals surface area (Å²) in [7, 11) is -3.61. The van der Waals surface area contributed by atoms with Gasteiger partial charge in [0.25, 0.3) is 5.91 Å². The van der Waals surface area contributed by atoms with Crippen molar-refractivity contribution in [3.05, 3.63) is 29.3 Å². The molecule has 7 heteroatoms. The molecule has 4 atom stereocenters. The minimum absolute atomic E-state index is 0.113. The van der Waals surface area contributed by atoms with E-state index in [2.05, 4.69) is 12.2 Å². The van der Waals surface area contributed by atoms with Crippen LogP contribution >= 0.6 is 0 Å². The lowest BCUT2D eigenvalue weighted by Crippen LogP contribution is -2.41. The molecule has 6 nitrogen and oxygen atoms in total. The summed E-state index contributed by atoms with van der Waals surface area (Å²) in [6.07, 6.45) is 5.12. The minimum atomic E-state index is -3.61. The van der Waals surface area contributed by atoms with E-state index >= 15 is 0 Å². The lowest BCUT2D eigenvalue weighted by Gasteiger charge is -2.29. The SMILES string of the molecule is Cc1ccc(S(=O)(=O)N2CCOCC2)cc1C(=O)N[C@H](C)[C@@H]1C[C@@H]2CC[C@@H]1C2. The van der Waals surface area contributed by atoms with Crippen LogP contribution in [0.1, 0.15) is 48.5 Å². The summed E-state index contributed by atoms with van der Waals surface area (Å²) >= 11 is 0. The molecule has 28 heavy (non-hydrogen) atoms. The highest BCUT2D eigenvalue weighted by atomic mass is 32.2. The molecule has 1 amide bonds. The fraction of sp³-hybridized carbons (Fsp3) is 0.667. The van der Waals surface area contributed by atoms with Gasteiger partial charge in [0.1, 0.15) is 0 Å². The number of morpholine rings is 1. The van der Waals surface area contributed by atoms with Crippen molar-refractivity contribution in [3.63, 3.8) is 0 Å². The second-order valence-corrected chi connectivity index (χ2v) is 10.5. The maximum absolute atomic E-state index is 13.0. The summed E-state index contributed by atoms with van der Waals surface area (Å²) in [5.74, 6) is 1.93. The molecule has 154 valence electrons. The Morgan fingerprint density at radius 1 is 1.21 bits per heavy atom. The normalized spacial score (nSPS) is 29.0. The zero-order valence-corrected chi connectivity index (χ0v) is 17.5. The van der Waals surface area contributed by atoms with E-state index in [4.69, 9.17) is 4.74 Å². The zero-order chi connectivity index (χ0) is 19.9. The number of fused-ring (bicyclic) bond motifs is 2. The van der Waals surface area contributed by atoms with Crippen molar-refractivity contribution in [1.82, 2.24) is 9.62 Å². The maximum atomic E-state index is 13.0. The predicted molar refractivity (Wildman–Crippen MR) is 107 cm³/mol. The van der Waals surface area contributed by atoms with Crippen LogP contribution in [0.3, 0.4) is 0 Å². The van der Waals surface area contributed by atoms with Crippen molar-refractivity contribution in [1.29, 1.82) is 0 Å². The zero-order valence-electron chi connectivity index (χ0n) is 16.7. The monoisotopic (exact) mass is 406 g/mol. The third-order valence-electron chi connectivity index (χ3n) is 6.86. The largest absolute Gasteiger partial charge is 0.379 e. The van der Waals surface area contributed by atoms with E-state index in [0.29, 0.717) is 37.8 Å². The third kappa shape index (κ3) is 3.72. The summed E-state index contributed by atoms with van der Waals surface area (Å²) in [4.78, 5) is 13.1. The molecule has 2 aliphatic carbocycles. The van der Waals surface area contributed by atoms with Gasteiger partial charge in [-0.05, 0) is 68.6 Å². The first-order chi connectivity index (χ1) is 13.4. The quantitative estimate of drug-likeness (QED) is 0.815. The lowest BCUT2D eigenvalue weighted by molar-refractivity contribution is 0.0730. The van der Waals surface area contributed by atoms with Crippen LogP contribution in [0.25, 0.3) is 0 Å². The molecule has 2 bridgehead atoms. The molecule has 3 aliphatic rings. The lowest BCUT2D eigenvalue weighted by atomic mass is 9.84. The van der Waals surface area contributed by atoms with Gasteiger partial charge in [0.2, 0.25) is 10.0 Å². The fourth-order valence-electron chi connectivity index (χ4n) is 5.24. The van der Waals surface area contributed by atoms with E-state index in [1.807, 2.05) is 6.92 Å². The Balaban J connectivity index is 1.51. The molecule has 0 spiro atoms. The number of carbonyl (C=O) groups excluding carboxylic acids is 1. The number of nitrogens with zero attached hydrogens (tertiary/aromatic N) is 1. The number of ether oxygens (including phenoxy) is 1. The number of sulfonamides is 1. The summed E-state index contributed by atoms with van der Waals surface area (Å²) in [6, 6.07) is 4.96. The molecular weight excluding hydrogens is 376 g/mol. The molecule has 0 radical (unpaired) electrons. The van der Waals surface area contributed by atoms with E-state index in [1.165, 1.54) is 36.1 Å². The molecule has 2 saturated carbocycles. The Bertz CT molecular complexity index is 848. The van der Waals surface area contributed by atoms with Crippen LogP contribution in [-0.4, -0.2) is 51.0 Å². The van der Waals surface area contributed by atoms with Crippen LogP contribution < -0.4 is 5.32 Å². The average molecular weight is 407 g/mol. The Morgan fingerprint density at radius 3 is 2.61 bits per heavy atom. The number of nitrogens with one attached hydrogen (secondary N) is 1. The molecule has 1 saturated heterocycles. The predicted octanol–water partition coefficient (Wildman–Crippen LogP) is 2.57. The average Bonchev–Trinajstić information content (AvgIpc) is 3.32. The topological polar surface area (TPSA) is 75.7 Å². The van der Waals surface area contributed by atoms with Gasteiger partial charge in [0.15, 0.2) is 0 Å². The van der Waals surface area contributed by atoms with Crippen LogP contribution in [0.5, 0.6) is 0 Å². The second kappa shape index (κ2) is 7.76. The van der Waals surface area contributed by atoms with Crippen LogP contribution in [-0.2, 0) is 14.8 Å². The number of hydrogen-bond donors (Lipinski definition) is 1. The van der Waals surface area contributed by atoms with Gasteiger partial charge in [-0.25, -0.2) is 8.42 Å². The second-order valence-electron chi connectivity index (χ2n) is 8.59. The van der Waals surface area contributed by atoms with Gasteiger partial charge in [-0.1, -0.05) is 12.5 Å². The molecule has 1 N–H and O–H groups in total. The van der Waals surface area contributed by atoms with Crippen molar-refractivity contribution < 1.29 is 17.9 Å². The highest BCUT2D eigenvalue weighted by molar-refractivity contribution is 7.89. The molecule has 1 aromatic carbocycles. The molecule has 0 aromatic heterocycles. The molecule has 1 aromatic rings. The Hall–Kier alpha value is -1.44. The smallest absolute Gasteiger partial charge is 0.251 e. The van der Waals surface area contributed by atoms with Gasteiger partial charge in [-0.15, -0.1) is 0 Å². The van der Waals surface area contributed by atoms with Crippen molar-refractivity contribution >= 4 is 15.9 Å². The summed E-state index contributed by atoms with van der Waals surface area (Å²) in [6.45, 7) is 5.44. The van der Waals surface area contributed by atoms with E-state index in [-0.39, 0.29) is 16.8 Å². The van der Waals surface area contributed by atoms with E-state index in [1.54, 1.807) is 12.1 Å². The van der Waals surface area contributed by atoms with Crippen molar-refractivity contribution in [2.45, 2.75) is 50.5 Å². The van der Waals surface area contributed by atoms with Gasteiger partial charge in [-0.2, -0.15) is 4.31 Å². The summed E-state index contributed by atoms with van der Waals surface area (Å²) < 4.78 is 32.5. The van der Waals surface area contributed by atoms with Gasteiger partial charge >= 0.3 is 0 Å².